The van der Waals surface area contributed by atoms with Gasteiger partial charge in [-0.25, -0.2) is 17.9 Å². The fraction of sp³-hybridized carbons (Fsp3) is 0.300. The molecule has 0 saturated heterocycles. The first-order valence-electron chi connectivity index (χ1n) is 5.66. The summed E-state index contributed by atoms with van der Waals surface area (Å²) < 4.78 is 30.6. The maximum atomic E-state index is 12.1. The maximum absolute atomic E-state index is 12.1. The molecule has 1 aromatic rings. The van der Waals surface area contributed by atoms with Crippen LogP contribution < -0.4 is 15.8 Å². The van der Waals surface area contributed by atoms with Crippen molar-refractivity contribution >= 4 is 27.5 Å². The summed E-state index contributed by atoms with van der Waals surface area (Å²) in [5, 5.41) is 13.6. The molecule has 1 aromatic carbocycles. The molecule has 0 aliphatic rings. The van der Waals surface area contributed by atoms with Gasteiger partial charge in [-0.2, -0.15) is 0 Å². The van der Waals surface area contributed by atoms with Gasteiger partial charge in [0, 0.05) is 13.6 Å². The molecular weight excluding hydrogens is 304 g/mol. The van der Waals surface area contributed by atoms with Crippen LogP contribution in [0.3, 0.4) is 0 Å². The summed E-state index contributed by atoms with van der Waals surface area (Å²) in [5.41, 5.74) is 4.22. The van der Waals surface area contributed by atoms with E-state index in [-0.39, 0.29) is 18.8 Å². The molecule has 10 nitrogen and oxygen atoms in total. The zero-order chi connectivity index (χ0) is 16.0. The van der Waals surface area contributed by atoms with E-state index in [1.54, 1.807) is 0 Å². The average molecular weight is 318 g/mol. The van der Waals surface area contributed by atoms with E-state index in [4.69, 9.17) is 5.73 Å². The van der Waals surface area contributed by atoms with Gasteiger partial charge in [0.05, 0.1) is 4.92 Å². The van der Waals surface area contributed by atoms with Crippen LogP contribution in [0.5, 0.6) is 0 Å². The van der Waals surface area contributed by atoms with E-state index in [2.05, 4.69) is 14.8 Å². The maximum Gasteiger partial charge on any atom is 0.404 e. The minimum Gasteiger partial charge on any atom is -0.448 e. The first-order chi connectivity index (χ1) is 9.79. The predicted molar refractivity (Wildman–Crippen MR) is 73.4 cm³/mol. The summed E-state index contributed by atoms with van der Waals surface area (Å²) in [6, 6.07) is 3.86. The SMILES string of the molecule is CNc1cccc(S(=O)(=O)NCCOC(N)=O)c1[N+](=O)[O-]. The van der Waals surface area contributed by atoms with Crippen LogP contribution in [0.25, 0.3) is 0 Å². The second-order valence-corrected chi connectivity index (χ2v) is 5.46. The standard InChI is InChI=1S/C10H14N4O6S/c1-12-7-3-2-4-8(9(7)14(16)17)21(18,19)13-5-6-20-10(11)15/h2-4,12-13H,5-6H2,1H3,(H2,11,15). The highest BCUT2D eigenvalue weighted by Crippen LogP contribution is 2.31. The van der Waals surface area contributed by atoms with Gasteiger partial charge in [0.15, 0.2) is 4.90 Å². The van der Waals surface area contributed by atoms with E-state index in [1.807, 2.05) is 0 Å². The monoisotopic (exact) mass is 318 g/mol. The number of ether oxygens (including phenoxy) is 1. The van der Waals surface area contributed by atoms with Crippen molar-refractivity contribution < 1.29 is 22.9 Å². The second kappa shape index (κ2) is 6.85. The number of anilines is 1. The van der Waals surface area contributed by atoms with Crippen LogP contribution in [0.4, 0.5) is 16.2 Å². The number of carbonyl (C=O) groups is 1. The first kappa shape index (κ1) is 16.7. The third kappa shape index (κ3) is 4.29. The van der Waals surface area contributed by atoms with E-state index in [9.17, 15) is 23.3 Å². The molecule has 1 amide bonds. The van der Waals surface area contributed by atoms with E-state index in [1.165, 1.54) is 19.2 Å². The molecule has 0 aliphatic heterocycles. The molecule has 0 spiro atoms. The number of sulfonamides is 1. The number of rotatable bonds is 7. The fourth-order valence-corrected chi connectivity index (χ4v) is 2.74. The molecule has 21 heavy (non-hydrogen) atoms. The molecule has 116 valence electrons. The Balaban J connectivity index is 3.03. The van der Waals surface area contributed by atoms with Crippen molar-refractivity contribution in [3.63, 3.8) is 0 Å². The van der Waals surface area contributed by atoms with Crippen LogP contribution in [-0.4, -0.2) is 39.6 Å². The fourth-order valence-electron chi connectivity index (χ4n) is 1.53. The van der Waals surface area contributed by atoms with Gasteiger partial charge in [-0.3, -0.25) is 10.1 Å². The topological polar surface area (TPSA) is 154 Å². The van der Waals surface area contributed by atoms with Gasteiger partial charge in [0.2, 0.25) is 10.0 Å². The Morgan fingerprint density at radius 2 is 2.14 bits per heavy atom. The van der Waals surface area contributed by atoms with Gasteiger partial charge in [-0.15, -0.1) is 0 Å². The van der Waals surface area contributed by atoms with E-state index in [0.29, 0.717) is 0 Å². The van der Waals surface area contributed by atoms with Crippen LogP contribution in [-0.2, 0) is 14.8 Å². The summed E-state index contributed by atoms with van der Waals surface area (Å²) in [6.45, 7) is -0.541. The molecular formula is C10H14N4O6S. The number of amides is 1. The Hall–Kier alpha value is -2.40. The molecule has 0 aromatic heterocycles. The number of carbonyl (C=O) groups excluding carboxylic acids is 1. The molecule has 0 heterocycles. The number of nitro benzene ring substituents is 1. The van der Waals surface area contributed by atoms with Crippen molar-refractivity contribution in [3.8, 4) is 0 Å². The van der Waals surface area contributed by atoms with E-state index in [0.717, 1.165) is 6.07 Å². The van der Waals surface area contributed by atoms with Gasteiger partial charge in [-0.1, -0.05) is 6.07 Å². The Bertz CT molecular complexity index is 645. The second-order valence-electron chi connectivity index (χ2n) is 3.72. The van der Waals surface area contributed by atoms with E-state index < -0.39 is 31.6 Å². The number of para-hydroxylation sites is 1. The van der Waals surface area contributed by atoms with Crippen LogP contribution >= 0.6 is 0 Å². The third-order valence-corrected chi connectivity index (χ3v) is 3.87. The molecule has 4 N–H and O–H groups in total. The molecule has 0 fully saturated rings. The molecule has 0 radical (unpaired) electrons. The number of hydrogen-bond donors (Lipinski definition) is 3. The summed E-state index contributed by atoms with van der Waals surface area (Å²) in [5.74, 6) is 0. The van der Waals surface area contributed by atoms with Crippen LogP contribution in [0.1, 0.15) is 0 Å². The first-order valence-corrected chi connectivity index (χ1v) is 7.15. The van der Waals surface area contributed by atoms with Gasteiger partial charge in [-0.05, 0) is 12.1 Å². The van der Waals surface area contributed by atoms with Gasteiger partial charge >= 0.3 is 11.8 Å². The number of nitrogens with two attached hydrogens (primary N) is 1. The van der Waals surface area contributed by atoms with Gasteiger partial charge in [0.25, 0.3) is 0 Å². The zero-order valence-corrected chi connectivity index (χ0v) is 11.8. The smallest absolute Gasteiger partial charge is 0.404 e. The molecule has 0 saturated carbocycles. The molecule has 0 aliphatic carbocycles. The molecule has 0 bridgehead atoms. The summed E-state index contributed by atoms with van der Waals surface area (Å²) in [6.07, 6.45) is -1.04. The van der Waals surface area contributed by atoms with Gasteiger partial charge < -0.3 is 15.8 Å². The number of primary amides is 1. The highest BCUT2D eigenvalue weighted by atomic mass is 32.2. The molecule has 1 rings (SSSR count). The summed E-state index contributed by atoms with van der Waals surface area (Å²) >= 11 is 0. The van der Waals surface area contributed by atoms with Crippen molar-refractivity contribution in [1.29, 1.82) is 0 Å². The largest absolute Gasteiger partial charge is 0.448 e. The lowest BCUT2D eigenvalue weighted by atomic mass is 10.3. The minimum atomic E-state index is -4.13. The van der Waals surface area contributed by atoms with Crippen molar-refractivity contribution in [1.82, 2.24) is 4.72 Å². The van der Waals surface area contributed by atoms with E-state index >= 15 is 0 Å². The number of benzene rings is 1. The average Bonchev–Trinajstić information content (AvgIpc) is 2.42. The highest BCUT2D eigenvalue weighted by Gasteiger charge is 2.28. The van der Waals surface area contributed by atoms with Crippen LogP contribution in [0, 0.1) is 10.1 Å². The van der Waals surface area contributed by atoms with Crippen molar-refractivity contribution in [2.45, 2.75) is 4.90 Å². The Morgan fingerprint density at radius 3 is 2.67 bits per heavy atom. The lowest BCUT2D eigenvalue weighted by Gasteiger charge is -2.09. The number of hydrogen-bond acceptors (Lipinski definition) is 7. The van der Waals surface area contributed by atoms with Gasteiger partial charge in [0.1, 0.15) is 12.3 Å². The number of nitro groups is 1. The normalized spacial score (nSPS) is 10.9. The number of nitrogens with zero attached hydrogens (tertiary/aromatic N) is 1. The lowest BCUT2D eigenvalue weighted by Crippen LogP contribution is -2.29. The number of nitrogens with one attached hydrogen (secondary N) is 2. The zero-order valence-electron chi connectivity index (χ0n) is 11.0. The Kier molecular flexibility index (Phi) is 5.44. The Labute approximate surface area is 120 Å². The van der Waals surface area contributed by atoms with Crippen molar-refractivity contribution in [3.05, 3.63) is 28.3 Å². The highest BCUT2D eigenvalue weighted by molar-refractivity contribution is 7.89. The molecule has 0 unspecified atom stereocenters. The van der Waals surface area contributed by atoms with Crippen LogP contribution in [0.15, 0.2) is 23.1 Å². The quantitative estimate of drug-likeness (QED) is 0.363. The third-order valence-electron chi connectivity index (χ3n) is 2.38. The molecule has 11 heteroatoms. The van der Waals surface area contributed by atoms with Crippen molar-refractivity contribution in [2.24, 2.45) is 5.73 Å². The summed E-state index contributed by atoms with van der Waals surface area (Å²) in [7, 11) is -2.69. The van der Waals surface area contributed by atoms with Crippen LogP contribution in [0.2, 0.25) is 0 Å². The molecule has 0 atom stereocenters. The lowest BCUT2D eigenvalue weighted by molar-refractivity contribution is -0.386. The minimum absolute atomic E-state index is 0.0660. The summed E-state index contributed by atoms with van der Waals surface area (Å²) in [4.78, 5) is 20.1. The predicted octanol–water partition coefficient (Wildman–Crippen LogP) is 0.0101. The van der Waals surface area contributed by atoms with Crippen molar-refractivity contribution in [2.75, 3.05) is 25.5 Å². The Morgan fingerprint density at radius 1 is 1.48 bits per heavy atom.